The van der Waals surface area contributed by atoms with Crippen molar-refractivity contribution in [1.29, 1.82) is 0 Å². The first-order valence-electron chi connectivity index (χ1n) is 4.98. The molecule has 0 atom stereocenters. The average molecular weight is 253 g/mol. The molecule has 1 aliphatic rings. The van der Waals surface area contributed by atoms with Crippen molar-refractivity contribution in [3.63, 3.8) is 0 Å². The van der Waals surface area contributed by atoms with E-state index < -0.39 is 0 Å². The molecule has 0 saturated carbocycles. The van der Waals surface area contributed by atoms with Gasteiger partial charge in [0.15, 0.2) is 0 Å². The Kier molecular flexibility index (Phi) is 3.46. The quantitative estimate of drug-likeness (QED) is 0.472. The van der Waals surface area contributed by atoms with Crippen molar-refractivity contribution in [2.24, 2.45) is 4.99 Å². The minimum Gasteiger partial charge on any atom is -0.465 e. The van der Waals surface area contributed by atoms with E-state index in [0.29, 0.717) is 5.56 Å². The lowest BCUT2D eigenvalue weighted by molar-refractivity contribution is 0.0601. The summed E-state index contributed by atoms with van der Waals surface area (Å²) in [7, 11) is 1.40. The molecular formula is C11H11NO2S2. The van der Waals surface area contributed by atoms with Gasteiger partial charge in [-0.2, -0.15) is 0 Å². The molecule has 0 saturated heterocycles. The van der Waals surface area contributed by atoms with Gasteiger partial charge in [0.05, 0.1) is 12.7 Å². The number of rotatable bonds is 3. The molecule has 0 spiro atoms. The van der Waals surface area contributed by atoms with Crippen LogP contribution in [0.2, 0.25) is 0 Å². The second-order valence-electron chi connectivity index (χ2n) is 3.44. The van der Waals surface area contributed by atoms with Gasteiger partial charge < -0.3 is 4.74 Å². The Morgan fingerprint density at radius 3 is 3.06 bits per heavy atom. The molecule has 84 valence electrons. The number of fused-ring (bicyclic) bond motifs is 1. The zero-order valence-electron chi connectivity index (χ0n) is 8.86. The minimum atomic E-state index is -0.295. The van der Waals surface area contributed by atoms with Crippen molar-refractivity contribution < 1.29 is 9.53 Å². The molecule has 2 rings (SSSR count). The van der Waals surface area contributed by atoms with Crippen molar-refractivity contribution >= 4 is 46.1 Å². The Morgan fingerprint density at radius 1 is 1.56 bits per heavy atom. The van der Waals surface area contributed by atoms with E-state index in [9.17, 15) is 4.79 Å². The summed E-state index contributed by atoms with van der Waals surface area (Å²) in [6.07, 6.45) is 4.63. The van der Waals surface area contributed by atoms with Crippen molar-refractivity contribution in [3.8, 4) is 0 Å². The van der Waals surface area contributed by atoms with E-state index in [1.807, 2.05) is 0 Å². The summed E-state index contributed by atoms with van der Waals surface area (Å²) in [5.74, 6) is -0.295. The maximum atomic E-state index is 11.7. The maximum Gasteiger partial charge on any atom is 0.341 e. The Bertz CT molecular complexity index is 463. The summed E-state index contributed by atoms with van der Waals surface area (Å²) < 4.78 is 4.80. The Hall–Kier alpha value is -1.07. The van der Waals surface area contributed by atoms with E-state index in [1.165, 1.54) is 23.6 Å². The number of hydrogen-bond donors (Lipinski definition) is 0. The zero-order chi connectivity index (χ0) is 11.5. The molecule has 0 aromatic carbocycles. The summed E-state index contributed by atoms with van der Waals surface area (Å²) in [6, 6.07) is 0. The number of aryl methyl sites for hydroxylation is 1. The molecule has 16 heavy (non-hydrogen) atoms. The lowest BCUT2D eigenvalue weighted by atomic mass is 10.1. The molecule has 1 aromatic rings. The van der Waals surface area contributed by atoms with Crippen molar-refractivity contribution in [2.75, 3.05) is 7.11 Å². The smallest absolute Gasteiger partial charge is 0.341 e. The number of methoxy groups -OCH3 is 1. The maximum absolute atomic E-state index is 11.7. The molecule has 1 aromatic heterocycles. The number of hydrogen-bond acceptors (Lipinski definition) is 5. The first kappa shape index (κ1) is 11.4. The topological polar surface area (TPSA) is 38.7 Å². The first-order valence-corrected chi connectivity index (χ1v) is 6.27. The monoisotopic (exact) mass is 253 g/mol. The van der Waals surface area contributed by atoms with Gasteiger partial charge in [0.2, 0.25) is 0 Å². The third-order valence-electron chi connectivity index (χ3n) is 2.54. The van der Waals surface area contributed by atoms with Gasteiger partial charge in [-0.25, -0.2) is 9.79 Å². The van der Waals surface area contributed by atoms with Crippen LogP contribution in [0.3, 0.4) is 0 Å². The van der Waals surface area contributed by atoms with Crippen LogP contribution in [0.4, 0.5) is 5.00 Å². The standard InChI is InChI=1S/C11H11NO2S2/c1-14-11(13)9-7-3-2-4-8(7)16-10(9)12-5-6-15/h5-6H,2-4H2,1H3. The second kappa shape index (κ2) is 4.84. The lowest BCUT2D eigenvalue weighted by Gasteiger charge is -2.00. The summed E-state index contributed by atoms with van der Waals surface area (Å²) in [6.45, 7) is 0. The minimum absolute atomic E-state index is 0.295. The fraction of sp³-hybridized carbons (Fsp3) is 0.364. The summed E-state index contributed by atoms with van der Waals surface area (Å²) in [5.41, 5.74) is 1.75. The molecule has 3 nitrogen and oxygen atoms in total. The number of ether oxygens (including phenoxy) is 1. The molecule has 0 bridgehead atoms. The van der Waals surface area contributed by atoms with Crippen molar-refractivity contribution in [1.82, 2.24) is 0 Å². The van der Waals surface area contributed by atoms with E-state index in [1.54, 1.807) is 11.3 Å². The van der Waals surface area contributed by atoms with Crippen LogP contribution in [0.15, 0.2) is 4.99 Å². The van der Waals surface area contributed by atoms with Crippen molar-refractivity contribution in [2.45, 2.75) is 19.3 Å². The number of carbonyl (C=O) groups excluding carboxylic acids is 1. The van der Waals surface area contributed by atoms with Crippen LogP contribution < -0.4 is 0 Å². The molecule has 0 fully saturated rings. The predicted octanol–water partition coefficient (Wildman–Crippen LogP) is 2.73. The van der Waals surface area contributed by atoms with Gasteiger partial charge in [0.1, 0.15) is 5.00 Å². The van der Waals surface area contributed by atoms with Crippen LogP contribution in [0.1, 0.15) is 27.2 Å². The van der Waals surface area contributed by atoms with Crippen LogP contribution in [0.5, 0.6) is 0 Å². The highest BCUT2D eigenvalue weighted by molar-refractivity contribution is 7.80. The zero-order valence-corrected chi connectivity index (χ0v) is 10.5. The summed E-state index contributed by atoms with van der Waals surface area (Å²) in [5, 5.41) is 2.16. The number of thiophene rings is 1. The van der Waals surface area contributed by atoms with Gasteiger partial charge in [-0.15, -0.1) is 11.3 Å². The lowest BCUT2D eigenvalue weighted by Crippen LogP contribution is -2.02. The van der Waals surface area contributed by atoms with Gasteiger partial charge >= 0.3 is 5.97 Å². The largest absolute Gasteiger partial charge is 0.465 e. The number of thiocarbonyl (C=S) groups is 1. The highest BCUT2D eigenvalue weighted by Gasteiger charge is 2.26. The number of aliphatic imine (C=N–C) groups is 1. The highest BCUT2D eigenvalue weighted by Crippen LogP contribution is 2.40. The van der Waals surface area contributed by atoms with Crippen LogP contribution >= 0.6 is 23.6 Å². The molecule has 0 radical (unpaired) electrons. The number of nitrogens with zero attached hydrogens (tertiary/aromatic N) is 1. The van der Waals surface area contributed by atoms with Gasteiger partial charge in [0, 0.05) is 16.5 Å². The van der Waals surface area contributed by atoms with Crippen molar-refractivity contribution in [3.05, 3.63) is 16.0 Å². The Labute approximate surface area is 103 Å². The van der Waals surface area contributed by atoms with Gasteiger partial charge in [-0.05, 0) is 24.8 Å². The first-order chi connectivity index (χ1) is 7.77. The van der Waals surface area contributed by atoms with Crippen LogP contribution in [-0.2, 0) is 17.6 Å². The third-order valence-corrected chi connectivity index (χ3v) is 3.87. The molecule has 0 N–H and O–H groups in total. The predicted molar refractivity (Wildman–Crippen MR) is 69.5 cm³/mol. The average Bonchev–Trinajstić information content (AvgIpc) is 2.84. The third kappa shape index (κ3) is 1.92. The Morgan fingerprint density at radius 2 is 2.38 bits per heavy atom. The normalized spacial score (nSPS) is 14.1. The number of carbonyl (C=O) groups is 1. The molecule has 5 heteroatoms. The SMILES string of the molecule is COC(=O)c1c(N=CC=S)sc2c1CCC2. The van der Waals surface area contributed by atoms with Crippen LogP contribution in [0, 0.1) is 0 Å². The van der Waals surface area contributed by atoms with E-state index in [0.717, 1.165) is 29.8 Å². The Balaban J connectivity index is 2.48. The van der Waals surface area contributed by atoms with E-state index in [2.05, 4.69) is 17.2 Å². The van der Waals surface area contributed by atoms with Gasteiger partial charge in [-0.3, -0.25) is 0 Å². The molecule has 0 amide bonds. The van der Waals surface area contributed by atoms with Crippen LogP contribution in [0.25, 0.3) is 0 Å². The summed E-state index contributed by atoms with van der Waals surface area (Å²) in [4.78, 5) is 17.1. The summed E-state index contributed by atoms with van der Waals surface area (Å²) >= 11 is 6.25. The second-order valence-corrected chi connectivity index (χ2v) is 4.80. The fourth-order valence-electron chi connectivity index (χ4n) is 1.89. The van der Waals surface area contributed by atoms with E-state index >= 15 is 0 Å². The molecule has 0 unspecified atom stereocenters. The van der Waals surface area contributed by atoms with E-state index in [-0.39, 0.29) is 5.97 Å². The molecular weight excluding hydrogens is 242 g/mol. The fourth-order valence-corrected chi connectivity index (χ4v) is 3.18. The number of esters is 1. The molecule has 1 heterocycles. The molecule has 0 aliphatic heterocycles. The van der Waals surface area contributed by atoms with Gasteiger partial charge in [-0.1, -0.05) is 12.2 Å². The van der Waals surface area contributed by atoms with Gasteiger partial charge in [0.25, 0.3) is 0 Å². The van der Waals surface area contributed by atoms with E-state index in [4.69, 9.17) is 4.74 Å². The molecule has 1 aliphatic carbocycles. The highest BCUT2D eigenvalue weighted by atomic mass is 32.1. The van der Waals surface area contributed by atoms with Crippen LogP contribution in [-0.4, -0.2) is 24.7 Å².